The quantitative estimate of drug-likeness (QED) is 0.530. The third kappa shape index (κ3) is 2.14. The van der Waals surface area contributed by atoms with Gasteiger partial charge < -0.3 is 0 Å². The summed E-state index contributed by atoms with van der Waals surface area (Å²) in [6, 6.07) is 0. The smallest absolute Gasteiger partial charge is 0.190 e. The highest BCUT2D eigenvalue weighted by molar-refractivity contribution is 9.10. The molecule has 0 radical (unpaired) electrons. The summed E-state index contributed by atoms with van der Waals surface area (Å²) in [5, 5.41) is -5.28. The van der Waals surface area contributed by atoms with Crippen molar-refractivity contribution in [3.05, 3.63) is 0 Å². The lowest BCUT2D eigenvalue weighted by Crippen LogP contribution is -2.47. The third-order valence-corrected chi connectivity index (χ3v) is 1.45. The van der Waals surface area contributed by atoms with Gasteiger partial charge >= 0.3 is 16.1 Å². The zero-order valence-electron chi connectivity index (χ0n) is 4.52. The third-order valence-electron chi connectivity index (χ3n) is 0.712. The molecule has 0 nitrogen and oxygen atoms in total. The predicted octanol–water partition coefficient (Wildman–Crippen LogP) is 3.44. The first-order valence-corrected chi connectivity index (χ1v) is 3.18. The molecule has 0 spiro atoms. The second-order valence-corrected chi connectivity index (χ2v) is 3.04. The van der Waals surface area contributed by atoms with E-state index in [0.29, 0.717) is 0 Å². The normalized spacial score (nSPS) is 15.3. The van der Waals surface area contributed by atoms with Crippen molar-refractivity contribution in [2.45, 2.75) is 16.1 Å². The van der Waals surface area contributed by atoms with Crippen LogP contribution in [0.3, 0.4) is 0 Å². The van der Waals surface area contributed by atoms with Crippen LogP contribution in [0.25, 0.3) is 0 Å². The van der Waals surface area contributed by atoms with Crippen LogP contribution >= 0.6 is 27.5 Å². The lowest BCUT2D eigenvalue weighted by atomic mass is 10.4. The van der Waals surface area contributed by atoms with E-state index in [2.05, 4.69) is 11.6 Å². The second-order valence-electron chi connectivity index (χ2n) is 1.57. The number of halogens is 8. The van der Waals surface area contributed by atoms with Crippen LogP contribution in [0, 0.1) is 0 Å². The Balaban J connectivity index is 4.75. The van der Waals surface area contributed by atoms with Gasteiger partial charge in [0.05, 0.1) is 0 Å². The number of hydrogen-bond acceptors (Lipinski definition) is 0. The molecule has 0 aromatic heterocycles. The van der Waals surface area contributed by atoms with Crippen molar-refractivity contribution in [2.75, 3.05) is 0 Å². The molecule has 0 amide bonds. The Hall–Kier alpha value is 0.350. The van der Waals surface area contributed by atoms with Gasteiger partial charge in [-0.1, -0.05) is 0 Å². The molecule has 0 bridgehead atoms. The molecule has 0 aliphatic carbocycles. The second kappa shape index (κ2) is 2.69. The van der Waals surface area contributed by atoms with Crippen LogP contribution in [0.4, 0.5) is 26.3 Å². The maximum atomic E-state index is 11.8. The Bertz CT molecular complexity index is 129. The standard InChI is InChI=1S/C3BrClF6/c4-2(8,9)1(6,7)3(5,10)11. The van der Waals surface area contributed by atoms with E-state index in [1.807, 2.05) is 0 Å². The van der Waals surface area contributed by atoms with Gasteiger partial charge in [-0.3, -0.25) is 0 Å². The van der Waals surface area contributed by atoms with Gasteiger partial charge in [-0.25, -0.2) is 0 Å². The summed E-state index contributed by atoms with van der Waals surface area (Å²) < 4.78 is 69.7. The molecular weight excluding hydrogens is 265 g/mol. The molecule has 0 aliphatic heterocycles. The molecule has 0 atom stereocenters. The fourth-order valence-corrected chi connectivity index (χ4v) is 0.643. The predicted molar refractivity (Wildman–Crippen MR) is 29.6 cm³/mol. The number of hydrogen-bond donors (Lipinski definition) is 0. The van der Waals surface area contributed by atoms with Gasteiger partial charge in [0.25, 0.3) is 0 Å². The van der Waals surface area contributed by atoms with Gasteiger partial charge in [0.1, 0.15) is 0 Å². The monoisotopic (exact) mass is 264 g/mol. The van der Waals surface area contributed by atoms with Crippen molar-refractivity contribution >= 4 is 27.5 Å². The first-order valence-electron chi connectivity index (χ1n) is 2.01. The van der Waals surface area contributed by atoms with Crippen LogP contribution in [-0.4, -0.2) is 16.1 Å². The van der Waals surface area contributed by atoms with E-state index in [4.69, 9.17) is 0 Å². The first kappa shape index (κ1) is 11.4. The van der Waals surface area contributed by atoms with Crippen LogP contribution in [0.15, 0.2) is 0 Å². The summed E-state index contributed by atoms with van der Waals surface area (Å²) in [5.74, 6) is -5.61. The van der Waals surface area contributed by atoms with E-state index in [-0.39, 0.29) is 0 Å². The molecule has 0 saturated heterocycles. The van der Waals surface area contributed by atoms with Gasteiger partial charge in [0.2, 0.25) is 0 Å². The minimum Gasteiger partial charge on any atom is -0.190 e. The minimum absolute atomic E-state index is 1.09. The van der Waals surface area contributed by atoms with Crippen LogP contribution < -0.4 is 0 Å². The van der Waals surface area contributed by atoms with E-state index in [9.17, 15) is 26.3 Å². The average Bonchev–Trinajstić information content (AvgIpc) is 1.58. The molecule has 0 saturated carbocycles. The maximum absolute atomic E-state index is 11.8. The highest BCUT2D eigenvalue weighted by atomic mass is 79.9. The van der Waals surface area contributed by atoms with E-state index in [0.717, 1.165) is 15.9 Å². The summed E-state index contributed by atoms with van der Waals surface area (Å²) in [6.45, 7) is 0. The topological polar surface area (TPSA) is 0 Å². The van der Waals surface area contributed by atoms with Crippen LogP contribution in [0.2, 0.25) is 0 Å². The summed E-state index contributed by atoms with van der Waals surface area (Å²) in [5.41, 5.74) is 0. The van der Waals surface area contributed by atoms with Gasteiger partial charge in [-0.15, -0.1) is 0 Å². The molecule has 8 heteroatoms. The van der Waals surface area contributed by atoms with Gasteiger partial charge in [-0.05, 0) is 27.5 Å². The van der Waals surface area contributed by atoms with Crippen molar-refractivity contribution in [2.24, 2.45) is 0 Å². The molecule has 68 valence electrons. The SMILES string of the molecule is FC(F)(Cl)C(F)(F)C(F)(F)Br. The molecule has 11 heavy (non-hydrogen) atoms. The van der Waals surface area contributed by atoms with E-state index < -0.39 is 16.1 Å². The Morgan fingerprint density at radius 2 is 1.18 bits per heavy atom. The Kier molecular flexibility index (Phi) is 2.77. The van der Waals surface area contributed by atoms with Gasteiger partial charge in [0, 0.05) is 0 Å². The van der Waals surface area contributed by atoms with Gasteiger partial charge in [0.15, 0.2) is 0 Å². The summed E-state index contributed by atoms with van der Waals surface area (Å²) >= 11 is 4.80. The van der Waals surface area contributed by atoms with Crippen molar-refractivity contribution in [3.8, 4) is 0 Å². The maximum Gasteiger partial charge on any atom is 0.396 e. The Morgan fingerprint density at radius 1 is 0.909 bits per heavy atom. The molecule has 0 aromatic carbocycles. The van der Waals surface area contributed by atoms with Crippen molar-refractivity contribution in [1.29, 1.82) is 0 Å². The fourth-order valence-electron chi connectivity index (χ4n) is 0.161. The van der Waals surface area contributed by atoms with Crippen molar-refractivity contribution in [3.63, 3.8) is 0 Å². The van der Waals surface area contributed by atoms with E-state index in [1.165, 1.54) is 0 Å². The molecule has 0 aromatic rings. The van der Waals surface area contributed by atoms with Crippen LogP contribution in [0.5, 0.6) is 0 Å². The summed E-state index contributed by atoms with van der Waals surface area (Å²) in [6.07, 6.45) is 0. The molecule has 0 N–H and O–H groups in total. The Morgan fingerprint density at radius 3 is 1.18 bits per heavy atom. The molecule has 0 aliphatic rings. The zero-order valence-corrected chi connectivity index (χ0v) is 6.87. The molecule has 0 rings (SSSR count). The lowest BCUT2D eigenvalue weighted by molar-refractivity contribution is -0.237. The molecule has 0 unspecified atom stereocenters. The van der Waals surface area contributed by atoms with Crippen molar-refractivity contribution in [1.82, 2.24) is 0 Å². The van der Waals surface area contributed by atoms with Crippen molar-refractivity contribution < 1.29 is 26.3 Å². The minimum atomic E-state index is -5.61. The van der Waals surface area contributed by atoms with Crippen LogP contribution in [0.1, 0.15) is 0 Å². The first-order chi connectivity index (χ1) is 4.50. The van der Waals surface area contributed by atoms with E-state index in [1.54, 1.807) is 0 Å². The number of alkyl halides is 8. The molecule has 0 fully saturated rings. The molecule has 0 heterocycles. The largest absolute Gasteiger partial charge is 0.396 e. The highest BCUT2D eigenvalue weighted by Gasteiger charge is 2.70. The summed E-state index contributed by atoms with van der Waals surface area (Å²) in [4.78, 5) is -5.02. The summed E-state index contributed by atoms with van der Waals surface area (Å²) in [7, 11) is 0. The van der Waals surface area contributed by atoms with Gasteiger partial charge in [-0.2, -0.15) is 26.3 Å². The number of rotatable bonds is 2. The zero-order chi connectivity index (χ0) is 9.50. The highest BCUT2D eigenvalue weighted by Crippen LogP contribution is 2.50. The average molecular weight is 265 g/mol. The Labute approximate surface area is 70.6 Å². The molecular formula is C3BrClF6. The fraction of sp³-hybridized carbons (Fsp3) is 1.00. The van der Waals surface area contributed by atoms with E-state index >= 15 is 0 Å². The van der Waals surface area contributed by atoms with Crippen LogP contribution in [-0.2, 0) is 0 Å². The lowest BCUT2D eigenvalue weighted by Gasteiger charge is -2.24.